The molecule has 36 heavy (non-hydrogen) atoms. The Labute approximate surface area is 225 Å². The maximum Gasteiger partial charge on any atom is 0.411 e. The quantitative estimate of drug-likeness (QED) is 0.470. The van der Waals surface area contributed by atoms with E-state index in [4.69, 9.17) is 49.3 Å². The largest absolute Gasteiger partial charge is 0.445 e. The number of hydrogen-bond acceptors (Lipinski definition) is 6. The number of benzene rings is 1. The van der Waals surface area contributed by atoms with E-state index in [-0.39, 0.29) is 5.69 Å². The molecule has 1 aromatic heterocycles. The van der Waals surface area contributed by atoms with Crippen molar-refractivity contribution in [1.82, 2.24) is 9.88 Å². The fraction of sp³-hybridized carbons (Fsp3) is 0.520. The van der Waals surface area contributed by atoms with Crippen molar-refractivity contribution in [1.29, 1.82) is 0 Å². The van der Waals surface area contributed by atoms with Gasteiger partial charge < -0.3 is 19.3 Å². The summed E-state index contributed by atoms with van der Waals surface area (Å²) in [6, 6.07) is 7.11. The highest BCUT2D eigenvalue weighted by Crippen LogP contribution is 2.35. The van der Waals surface area contributed by atoms with Crippen LogP contribution in [0.2, 0.25) is 0 Å². The number of alkyl halides is 3. The minimum atomic E-state index is -1.76. The first-order valence-electron chi connectivity index (χ1n) is 11.9. The third kappa shape index (κ3) is 7.13. The van der Waals surface area contributed by atoms with Gasteiger partial charge in [0.1, 0.15) is 18.2 Å². The number of piperazine rings is 1. The summed E-state index contributed by atoms with van der Waals surface area (Å²) in [5.74, 6) is 0.614. The van der Waals surface area contributed by atoms with Crippen LogP contribution in [-0.2, 0) is 9.47 Å². The van der Waals surface area contributed by atoms with Gasteiger partial charge in [0.2, 0.25) is 3.79 Å². The Balaban J connectivity index is 1.67. The lowest BCUT2D eigenvalue weighted by Crippen LogP contribution is -2.44. The molecule has 0 spiro atoms. The van der Waals surface area contributed by atoms with Gasteiger partial charge in [0, 0.05) is 51.0 Å². The van der Waals surface area contributed by atoms with Gasteiger partial charge in [-0.25, -0.2) is 14.2 Å². The van der Waals surface area contributed by atoms with E-state index in [0.717, 1.165) is 67.2 Å². The fourth-order valence-electron chi connectivity index (χ4n) is 4.47. The highest BCUT2D eigenvalue weighted by atomic mass is 35.6. The van der Waals surface area contributed by atoms with Gasteiger partial charge in [-0.05, 0) is 67.8 Å². The van der Waals surface area contributed by atoms with Crippen LogP contribution < -0.4 is 10.2 Å². The van der Waals surface area contributed by atoms with Crippen LogP contribution in [0.5, 0.6) is 0 Å². The van der Waals surface area contributed by atoms with Crippen molar-refractivity contribution in [2.45, 2.75) is 29.5 Å². The van der Waals surface area contributed by atoms with Crippen LogP contribution in [0.15, 0.2) is 24.3 Å². The highest BCUT2D eigenvalue weighted by Gasteiger charge is 2.24. The van der Waals surface area contributed by atoms with E-state index >= 15 is 0 Å². The summed E-state index contributed by atoms with van der Waals surface area (Å²) < 4.78 is 23.5. The molecule has 2 aromatic rings. The minimum absolute atomic E-state index is 0.0181. The normalized spacial score (nSPS) is 17.8. The lowest BCUT2D eigenvalue weighted by atomic mass is 9.92. The maximum absolute atomic E-state index is 14.8. The molecule has 2 fully saturated rings. The number of pyridine rings is 1. The third-order valence-electron chi connectivity index (χ3n) is 6.53. The Morgan fingerprint density at radius 1 is 1.17 bits per heavy atom. The van der Waals surface area contributed by atoms with Crippen molar-refractivity contribution >= 4 is 52.4 Å². The number of nitrogens with zero attached hydrogens (tertiary/aromatic N) is 3. The van der Waals surface area contributed by atoms with Crippen LogP contribution in [0.3, 0.4) is 0 Å². The second-order valence-corrected chi connectivity index (χ2v) is 11.8. The standard InChI is InChI=1S/C25H30Cl3FN4O3/c1-16-11-20(29)22(31-24(34)36-15-25(26,27)28)14-19(16)18-12-21(17-3-9-35-10-4-17)30-23(13-18)33-7-5-32(2)6-8-33/h11-14,17H,3-10,15H2,1-2H3,(H,31,34). The Hall–Kier alpha value is -1.84. The van der Waals surface area contributed by atoms with Crippen LogP contribution in [0.25, 0.3) is 11.1 Å². The van der Waals surface area contributed by atoms with Gasteiger partial charge in [-0.15, -0.1) is 0 Å². The Kier molecular flexibility index (Phi) is 8.83. The number of amides is 1. The van der Waals surface area contributed by atoms with Gasteiger partial charge >= 0.3 is 6.09 Å². The van der Waals surface area contributed by atoms with Crippen molar-refractivity contribution in [2.24, 2.45) is 0 Å². The van der Waals surface area contributed by atoms with Gasteiger partial charge in [0.05, 0.1) is 5.69 Å². The van der Waals surface area contributed by atoms with E-state index in [1.54, 1.807) is 6.07 Å². The number of likely N-dealkylation sites (N-methyl/N-ethyl adjacent to an activating group) is 1. The molecule has 1 N–H and O–H groups in total. The molecule has 0 saturated carbocycles. The van der Waals surface area contributed by atoms with E-state index < -0.39 is 22.3 Å². The average molecular weight is 560 g/mol. The van der Waals surface area contributed by atoms with Crippen LogP contribution in [-0.4, -0.2) is 72.8 Å². The zero-order chi connectivity index (χ0) is 25.9. The number of nitrogens with one attached hydrogen (secondary N) is 1. The van der Waals surface area contributed by atoms with Crippen molar-refractivity contribution in [2.75, 3.05) is 63.3 Å². The number of halogens is 4. The van der Waals surface area contributed by atoms with E-state index in [1.807, 2.05) is 13.0 Å². The minimum Gasteiger partial charge on any atom is -0.445 e. The first kappa shape index (κ1) is 27.2. The molecular formula is C25H30Cl3FN4O3. The lowest BCUT2D eigenvalue weighted by Gasteiger charge is -2.34. The van der Waals surface area contributed by atoms with E-state index in [2.05, 4.69) is 28.2 Å². The van der Waals surface area contributed by atoms with Crippen LogP contribution in [0.4, 0.5) is 20.7 Å². The monoisotopic (exact) mass is 558 g/mol. The van der Waals surface area contributed by atoms with Crippen molar-refractivity contribution in [3.05, 3.63) is 41.3 Å². The van der Waals surface area contributed by atoms with Crippen LogP contribution in [0.1, 0.15) is 30.0 Å². The van der Waals surface area contributed by atoms with Gasteiger partial charge in [-0.3, -0.25) is 5.32 Å². The highest BCUT2D eigenvalue weighted by molar-refractivity contribution is 6.67. The molecular weight excluding hydrogens is 530 g/mol. The van der Waals surface area contributed by atoms with Gasteiger partial charge in [-0.2, -0.15) is 0 Å². The van der Waals surface area contributed by atoms with E-state index in [0.29, 0.717) is 19.1 Å². The molecule has 7 nitrogen and oxygen atoms in total. The maximum atomic E-state index is 14.8. The molecule has 11 heteroatoms. The summed E-state index contributed by atoms with van der Waals surface area (Å²) in [6.07, 6.45) is 0.900. The summed E-state index contributed by atoms with van der Waals surface area (Å²) in [6.45, 7) is 6.47. The topological polar surface area (TPSA) is 66.9 Å². The summed E-state index contributed by atoms with van der Waals surface area (Å²) >= 11 is 16.9. The second kappa shape index (κ2) is 11.7. The Morgan fingerprint density at radius 3 is 2.53 bits per heavy atom. The van der Waals surface area contributed by atoms with Crippen LogP contribution >= 0.6 is 34.8 Å². The molecule has 0 aliphatic carbocycles. The third-order valence-corrected chi connectivity index (χ3v) is 6.85. The van der Waals surface area contributed by atoms with Crippen LogP contribution in [0, 0.1) is 12.7 Å². The molecule has 2 aliphatic heterocycles. The van der Waals surface area contributed by atoms with Crippen molar-refractivity contribution < 1.29 is 18.7 Å². The predicted molar refractivity (Wildman–Crippen MR) is 142 cm³/mol. The van der Waals surface area contributed by atoms with Crippen molar-refractivity contribution in [3.8, 4) is 11.1 Å². The number of carbonyl (C=O) groups is 1. The van der Waals surface area contributed by atoms with Gasteiger partial charge in [0.25, 0.3) is 0 Å². The first-order chi connectivity index (χ1) is 17.1. The molecule has 4 rings (SSSR count). The number of carbonyl (C=O) groups excluding carboxylic acids is 1. The summed E-state index contributed by atoms with van der Waals surface area (Å²) in [5.41, 5.74) is 3.43. The predicted octanol–water partition coefficient (Wildman–Crippen LogP) is 5.76. The number of ether oxygens (including phenoxy) is 2. The van der Waals surface area contributed by atoms with Gasteiger partial charge in [0.15, 0.2) is 0 Å². The summed E-state index contributed by atoms with van der Waals surface area (Å²) in [4.78, 5) is 21.8. The second-order valence-electron chi connectivity index (χ2n) is 9.28. The number of rotatable bonds is 5. The zero-order valence-electron chi connectivity index (χ0n) is 20.3. The lowest BCUT2D eigenvalue weighted by molar-refractivity contribution is 0.0845. The number of aryl methyl sites for hydroxylation is 1. The van der Waals surface area contributed by atoms with Crippen molar-refractivity contribution in [3.63, 3.8) is 0 Å². The first-order valence-corrected chi connectivity index (χ1v) is 13.1. The fourth-order valence-corrected chi connectivity index (χ4v) is 4.63. The molecule has 0 bridgehead atoms. The average Bonchev–Trinajstić information content (AvgIpc) is 2.85. The van der Waals surface area contributed by atoms with Gasteiger partial charge in [-0.1, -0.05) is 34.8 Å². The summed E-state index contributed by atoms with van der Waals surface area (Å²) in [5, 5.41) is 2.42. The molecule has 1 amide bonds. The molecule has 2 saturated heterocycles. The Bertz CT molecular complexity index is 1080. The summed E-state index contributed by atoms with van der Waals surface area (Å²) in [7, 11) is 2.11. The SMILES string of the molecule is Cc1cc(F)c(NC(=O)OCC(Cl)(Cl)Cl)cc1-c1cc(C2CCOCC2)nc(N2CCN(C)CC2)c1. The number of aromatic nitrogens is 1. The molecule has 2 aliphatic rings. The number of anilines is 2. The molecule has 3 heterocycles. The molecule has 1 aromatic carbocycles. The molecule has 0 radical (unpaired) electrons. The number of hydrogen-bond donors (Lipinski definition) is 1. The molecule has 196 valence electrons. The smallest absolute Gasteiger partial charge is 0.411 e. The molecule has 0 atom stereocenters. The van der Waals surface area contributed by atoms with E-state index in [1.165, 1.54) is 6.07 Å². The zero-order valence-corrected chi connectivity index (χ0v) is 22.6. The molecule has 0 unspecified atom stereocenters. The van der Waals surface area contributed by atoms with E-state index in [9.17, 15) is 9.18 Å². The Morgan fingerprint density at radius 2 is 1.86 bits per heavy atom.